The van der Waals surface area contributed by atoms with Crippen molar-refractivity contribution in [3.8, 4) is 17.6 Å². The zero-order valence-corrected chi connectivity index (χ0v) is 13.3. The summed E-state index contributed by atoms with van der Waals surface area (Å²) in [6.07, 6.45) is 3.96. The lowest BCUT2D eigenvalue weighted by Crippen LogP contribution is -1.91. The van der Waals surface area contributed by atoms with Gasteiger partial charge in [0.05, 0.1) is 12.7 Å². The normalized spacial score (nSPS) is 11.0. The van der Waals surface area contributed by atoms with Crippen molar-refractivity contribution in [1.82, 2.24) is 4.98 Å². The van der Waals surface area contributed by atoms with Gasteiger partial charge in [-0.25, -0.2) is 4.98 Å². The third-order valence-electron chi connectivity index (χ3n) is 3.04. The summed E-state index contributed by atoms with van der Waals surface area (Å²) in [5.41, 5.74) is 2.84. The van der Waals surface area contributed by atoms with Crippen LogP contribution in [0.15, 0.2) is 30.2 Å². The molecule has 0 amide bonds. The van der Waals surface area contributed by atoms with Crippen molar-refractivity contribution >= 4 is 23.0 Å². The van der Waals surface area contributed by atoms with Crippen LogP contribution < -0.4 is 4.74 Å². The molecule has 0 unspecified atom stereocenters. The second-order valence-electron chi connectivity index (χ2n) is 4.69. The summed E-state index contributed by atoms with van der Waals surface area (Å²) in [7, 11) is 1.50. The molecule has 0 saturated heterocycles. The smallest absolute Gasteiger partial charge is 0.161 e. The maximum Gasteiger partial charge on any atom is 0.161 e. The first-order chi connectivity index (χ1) is 10.6. The fraction of sp³-hybridized carbons (Fsp3) is 0.176. The highest BCUT2D eigenvalue weighted by Gasteiger charge is 2.11. The Balaban J connectivity index is 2.51. The number of rotatable bonds is 5. The number of hydrogen-bond acceptors (Lipinski definition) is 5. The molecule has 2 aromatic rings. The predicted octanol–water partition coefficient (Wildman–Crippen LogP) is 3.96. The van der Waals surface area contributed by atoms with Gasteiger partial charge in [0.25, 0.3) is 0 Å². The number of thiazole rings is 1. The van der Waals surface area contributed by atoms with Gasteiger partial charge in [-0.1, -0.05) is 6.08 Å². The van der Waals surface area contributed by atoms with Crippen LogP contribution in [0.25, 0.3) is 11.6 Å². The highest BCUT2D eigenvalue weighted by Crippen LogP contribution is 2.33. The molecule has 0 bridgehead atoms. The second kappa shape index (κ2) is 6.92. The van der Waals surface area contributed by atoms with Crippen molar-refractivity contribution in [2.45, 2.75) is 13.3 Å². The highest BCUT2D eigenvalue weighted by atomic mass is 32.1. The van der Waals surface area contributed by atoms with Crippen LogP contribution in [0.5, 0.6) is 11.5 Å². The van der Waals surface area contributed by atoms with Gasteiger partial charge in [0.15, 0.2) is 11.5 Å². The number of nitriles is 1. The van der Waals surface area contributed by atoms with E-state index in [4.69, 9.17) is 4.74 Å². The number of ether oxygens (including phenoxy) is 1. The van der Waals surface area contributed by atoms with E-state index >= 15 is 0 Å². The van der Waals surface area contributed by atoms with Gasteiger partial charge in [0.1, 0.15) is 11.1 Å². The topological polar surface area (TPSA) is 66.1 Å². The Hall–Kier alpha value is -2.58. The standard InChI is InChI=1S/C17H16N2O2S/c1-4-5-13-6-12(8-15(21-3)16(13)20)7-14(9-18)17-19-11(2)10-22-17/h4,6-8,10,20H,1,5H2,2-3H3/b14-7-. The molecule has 1 aromatic carbocycles. The summed E-state index contributed by atoms with van der Waals surface area (Å²) < 4.78 is 5.19. The predicted molar refractivity (Wildman–Crippen MR) is 88.9 cm³/mol. The minimum atomic E-state index is 0.100. The average Bonchev–Trinajstić information content (AvgIpc) is 2.94. The number of benzene rings is 1. The summed E-state index contributed by atoms with van der Waals surface area (Å²) in [5.74, 6) is 0.473. The summed E-state index contributed by atoms with van der Waals surface area (Å²) >= 11 is 1.43. The molecule has 112 valence electrons. The Morgan fingerprint density at radius 3 is 2.86 bits per heavy atom. The molecule has 1 N–H and O–H groups in total. The first-order valence-electron chi connectivity index (χ1n) is 6.64. The van der Waals surface area contributed by atoms with Gasteiger partial charge >= 0.3 is 0 Å². The van der Waals surface area contributed by atoms with Crippen molar-refractivity contribution in [3.63, 3.8) is 0 Å². The number of methoxy groups -OCH3 is 1. The largest absolute Gasteiger partial charge is 0.504 e. The van der Waals surface area contributed by atoms with Crippen LogP contribution in [0.2, 0.25) is 0 Å². The highest BCUT2D eigenvalue weighted by molar-refractivity contribution is 7.11. The lowest BCUT2D eigenvalue weighted by Gasteiger charge is -2.09. The molecule has 0 aliphatic carbocycles. The quantitative estimate of drug-likeness (QED) is 0.670. The van der Waals surface area contributed by atoms with Crippen LogP contribution in [-0.2, 0) is 6.42 Å². The summed E-state index contributed by atoms with van der Waals surface area (Å²) in [4.78, 5) is 4.33. The van der Waals surface area contributed by atoms with E-state index in [9.17, 15) is 10.4 Å². The Morgan fingerprint density at radius 1 is 1.55 bits per heavy atom. The Labute approximate surface area is 133 Å². The van der Waals surface area contributed by atoms with Gasteiger partial charge in [-0.05, 0) is 37.1 Å². The molecular formula is C17H16N2O2S. The van der Waals surface area contributed by atoms with Gasteiger partial charge < -0.3 is 9.84 Å². The molecule has 5 heteroatoms. The number of aryl methyl sites for hydroxylation is 1. The van der Waals surface area contributed by atoms with Crippen LogP contribution in [0.3, 0.4) is 0 Å². The molecule has 4 nitrogen and oxygen atoms in total. The third-order valence-corrected chi connectivity index (χ3v) is 4.03. The van der Waals surface area contributed by atoms with Crippen molar-refractivity contribution in [2.24, 2.45) is 0 Å². The van der Waals surface area contributed by atoms with Gasteiger partial charge in [-0.3, -0.25) is 0 Å². The fourth-order valence-electron chi connectivity index (χ4n) is 2.03. The van der Waals surface area contributed by atoms with Crippen LogP contribution in [-0.4, -0.2) is 17.2 Å². The van der Waals surface area contributed by atoms with Crippen LogP contribution in [0.1, 0.15) is 21.8 Å². The Morgan fingerprint density at radius 2 is 2.32 bits per heavy atom. The van der Waals surface area contributed by atoms with Crippen LogP contribution >= 0.6 is 11.3 Å². The second-order valence-corrected chi connectivity index (χ2v) is 5.55. The van der Waals surface area contributed by atoms with Crippen molar-refractivity contribution in [1.29, 1.82) is 5.26 Å². The van der Waals surface area contributed by atoms with E-state index in [1.807, 2.05) is 18.4 Å². The van der Waals surface area contributed by atoms with Crippen LogP contribution in [0, 0.1) is 18.3 Å². The molecule has 1 heterocycles. The van der Waals surface area contributed by atoms with Gasteiger partial charge in [0, 0.05) is 16.6 Å². The number of nitrogens with zero attached hydrogens (tertiary/aromatic N) is 2. The van der Waals surface area contributed by atoms with Crippen molar-refractivity contribution in [3.05, 3.63) is 52.0 Å². The monoisotopic (exact) mass is 312 g/mol. The van der Waals surface area contributed by atoms with E-state index in [0.29, 0.717) is 28.3 Å². The number of phenolic OH excluding ortho intramolecular Hbond substituents is 1. The maximum atomic E-state index is 10.1. The molecule has 22 heavy (non-hydrogen) atoms. The van der Waals surface area contributed by atoms with E-state index in [1.165, 1.54) is 18.4 Å². The number of phenols is 1. The Bertz CT molecular complexity index is 769. The fourth-order valence-corrected chi connectivity index (χ4v) is 2.79. The van der Waals surface area contributed by atoms with E-state index in [-0.39, 0.29) is 5.75 Å². The SMILES string of the molecule is C=CCc1cc(/C=C(/C#N)c2nc(C)cs2)cc(OC)c1O. The Kier molecular flexibility index (Phi) is 4.97. The molecule has 0 aliphatic heterocycles. The first kappa shape index (κ1) is 15.8. The summed E-state index contributed by atoms with van der Waals surface area (Å²) in [6.45, 7) is 5.57. The lowest BCUT2D eigenvalue weighted by atomic mass is 10.0. The minimum Gasteiger partial charge on any atom is -0.504 e. The maximum absolute atomic E-state index is 10.1. The number of aromatic hydroxyl groups is 1. The van der Waals surface area contributed by atoms with Crippen LogP contribution in [0.4, 0.5) is 0 Å². The van der Waals surface area contributed by atoms with E-state index in [2.05, 4.69) is 17.6 Å². The molecular weight excluding hydrogens is 296 g/mol. The molecule has 0 radical (unpaired) electrons. The lowest BCUT2D eigenvalue weighted by molar-refractivity contribution is 0.371. The average molecular weight is 312 g/mol. The number of allylic oxidation sites excluding steroid dienone is 2. The zero-order chi connectivity index (χ0) is 16.1. The van der Waals surface area contributed by atoms with Gasteiger partial charge in [-0.15, -0.1) is 17.9 Å². The third kappa shape index (κ3) is 3.35. The first-order valence-corrected chi connectivity index (χ1v) is 7.52. The molecule has 0 spiro atoms. The number of hydrogen-bond donors (Lipinski definition) is 1. The minimum absolute atomic E-state index is 0.100. The van der Waals surface area contributed by atoms with Crippen molar-refractivity contribution in [2.75, 3.05) is 7.11 Å². The van der Waals surface area contributed by atoms with E-state index < -0.39 is 0 Å². The van der Waals surface area contributed by atoms with Gasteiger partial charge in [0.2, 0.25) is 0 Å². The van der Waals surface area contributed by atoms with E-state index in [0.717, 1.165) is 11.3 Å². The van der Waals surface area contributed by atoms with E-state index in [1.54, 1.807) is 18.2 Å². The number of aromatic nitrogens is 1. The van der Waals surface area contributed by atoms with Crippen molar-refractivity contribution < 1.29 is 9.84 Å². The molecule has 2 rings (SSSR count). The molecule has 0 atom stereocenters. The molecule has 0 fully saturated rings. The summed E-state index contributed by atoms with van der Waals surface area (Å²) in [5, 5.41) is 22.0. The zero-order valence-electron chi connectivity index (χ0n) is 12.5. The molecule has 0 saturated carbocycles. The molecule has 0 aliphatic rings. The van der Waals surface area contributed by atoms with Gasteiger partial charge in [-0.2, -0.15) is 5.26 Å². The molecule has 1 aromatic heterocycles. The summed E-state index contributed by atoms with van der Waals surface area (Å²) in [6, 6.07) is 5.68.